The Kier molecular flexibility index (Phi) is 6.38. The monoisotopic (exact) mass is 401 g/mol. The summed E-state index contributed by atoms with van der Waals surface area (Å²) in [6.45, 7) is -0.276. The summed E-state index contributed by atoms with van der Waals surface area (Å²) in [6, 6.07) is 9.26. The fourth-order valence-corrected chi connectivity index (χ4v) is 3.23. The van der Waals surface area contributed by atoms with Gasteiger partial charge in [0, 0.05) is 25.5 Å². The number of hydrogen-bond acceptors (Lipinski definition) is 6. The number of amides is 3. The van der Waals surface area contributed by atoms with Gasteiger partial charge in [0.05, 0.1) is 4.91 Å². The minimum atomic E-state index is -0.562. The normalized spacial score (nSPS) is 15.2. The van der Waals surface area contributed by atoms with Crippen LogP contribution in [-0.2, 0) is 9.59 Å². The number of carbonyl (C=O) groups excluding carboxylic acids is 3. The number of nitrogens with one attached hydrogen (secondary N) is 1. The van der Waals surface area contributed by atoms with Crippen LogP contribution in [0, 0.1) is 5.82 Å². The van der Waals surface area contributed by atoms with E-state index in [0.717, 1.165) is 16.7 Å². The fraction of sp³-hybridized carbons (Fsp3) is 0.158. The van der Waals surface area contributed by atoms with Crippen molar-refractivity contribution in [3.63, 3.8) is 0 Å². The summed E-state index contributed by atoms with van der Waals surface area (Å²) < 4.78 is 18.5. The van der Waals surface area contributed by atoms with Gasteiger partial charge in [0.1, 0.15) is 0 Å². The van der Waals surface area contributed by atoms with Gasteiger partial charge in [-0.25, -0.2) is 4.39 Å². The van der Waals surface area contributed by atoms with Crippen LogP contribution in [0.1, 0.15) is 5.56 Å². The Balaban J connectivity index is 1.47. The lowest BCUT2D eigenvalue weighted by molar-refractivity contribution is -0.125. The van der Waals surface area contributed by atoms with E-state index in [4.69, 9.17) is 4.74 Å². The lowest BCUT2D eigenvalue weighted by atomic mass is 10.2. The number of halogens is 1. The largest absolute Gasteiger partial charge is 0.481 e. The van der Waals surface area contributed by atoms with E-state index in [1.54, 1.807) is 36.7 Å². The van der Waals surface area contributed by atoms with Gasteiger partial charge in [-0.2, -0.15) is 0 Å². The SMILES string of the molecule is O=C(COc1ccccc1F)NCCN1C(=O)SC(=Cc2cccnc2)C1=O. The predicted molar refractivity (Wildman–Crippen MR) is 102 cm³/mol. The topological polar surface area (TPSA) is 88.6 Å². The molecule has 0 atom stereocenters. The smallest absolute Gasteiger partial charge is 0.293 e. The minimum Gasteiger partial charge on any atom is -0.481 e. The van der Waals surface area contributed by atoms with Gasteiger partial charge in [0.2, 0.25) is 0 Å². The van der Waals surface area contributed by atoms with Crippen LogP contribution < -0.4 is 10.1 Å². The van der Waals surface area contributed by atoms with Crippen LogP contribution in [0.3, 0.4) is 0 Å². The second-order valence-corrected chi connectivity index (χ2v) is 6.68. The highest BCUT2D eigenvalue weighted by Gasteiger charge is 2.34. The molecule has 0 saturated carbocycles. The molecule has 1 saturated heterocycles. The molecule has 7 nitrogen and oxygen atoms in total. The van der Waals surface area contributed by atoms with E-state index in [2.05, 4.69) is 10.3 Å². The van der Waals surface area contributed by atoms with Gasteiger partial charge in [-0.3, -0.25) is 24.3 Å². The molecule has 0 unspecified atom stereocenters. The Labute approximate surface area is 164 Å². The maximum Gasteiger partial charge on any atom is 0.293 e. The van der Waals surface area contributed by atoms with Gasteiger partial charge in [0.25, 0.3) is 17.1 Å². The number of para-hydroxylation sites is 1. The van der Waals surface area contributed by atoms with E-state index in [1.807, 2.05) is 0 Å². The number of imide groups is 1. The molecule has 1 aliphatic rings. The van der Waals surface area contributed by atoms with Gasteiger partial charge in [-0.05, 0) is 41.6 Å². The van der Waals surface area contributed by atoms with Crippen molar-refractivity contribution in [2.75, 3.05) is 19.7 Å². The number of pyridine rings is 1. The number of thioether (sulfide) groups is 1. The van der Waals surface area contributed by atoms with Crippen LogP contribution in [0.4, 0.5) is 9.18 Å². The molecule has 9 heteroatoms. The quantitative estimate of drug-likeness (QED) is 0.717. The van der Waals surface area contributed by atoms with Crippen molar-refractivity contribution in [2.45, 2.75) is 0 Å². The molecular weight excluding hydrogens is 385 g/mol. The third-order valence-corrected chi connectivity index (χ3v) is 4.62. The Bertz CT molecular complexity index is 920. The van der Waals surface area contributed by atoms with Gasteiger partial charge >= 0.3 is 0 Å². The summed E-state index contributed by atoms with van der Waals surface area (Å²) in [6.07, 6.45) is 4.80. The second-order valence-electron chi connectivity index (χ2n) is 5.69. The zero-order valence-electron chi connectivity index (χ0n) is 14.6. The third kappa shape index (κ3) is 4.95. The first-order valence-corrected chi connectivity index (χ1v) is 9.15. The van der Waals surface area contributed by atoms with Crippen molar-refractivity contribution in [3.8, 4) is 5.75 Å². The Hall–Kier alpha value is -3.20. The molecule has 1 fully saturated rings. The molecule has 1 aromatic heterocycles. The summed E-state index contributed by atoms with van der Waals surface area (Å²) in [4.78, 5) is 41.5. The molecule has 2 aromatic rings. The summed E-state index contributed by atoms with van der Waals surface area (Å²) >= 11 is 0.836. The summed E-state index contributed by atoms with van der Waals surface area (Å²) in [5.41, 5.74) is 0.714. The average molecular weight is 401 g/mol. The summed E-state index contributed by atoms with van der Waals surface area (Å²) in [7, 11) is 0. The molecule has 3 amide bonds. The van der Waals surface area contributed by atoms with Crippen LogP contribution >= 0.6 is 11.8 Å². The number of aromatic nitrogens is 1. The molecule has 1 aliphatic heterocycles. The van der Waals surface area contributed by atoms with Crippen molar-refractivity contribution in [1.29, 1.82) is 0 Å². The fourth-order valence-electron chi connectivity index (χ4n) is 2.37. The van der Waals surface area contributed by atoms with E-state index < -0.39 is 22.9 Å². The molecule has 3 rings (SSSR count). The molecule has 0 spiro atoms. The molecule has 0 bridgehead atoms. The maximum absolute atomic E-state index is 13.4. The summed E-state index contributed by atoms with van der Waals surface area (Å²) in [5, 5.41) is 2.13. The van der Waals surface area contributed by atoms with E-state index in [-0.39, 0.29) is 25.4 Å². The van der Waals surface area contributed by atoms with Crippen LogP contribution in [0.25, 0.3) is 6.08 Å². The lowest BCUT2D eigenvalue weighted by Crippen LogP contribution is -2.38. The first-order valence-electron chi connectivity index (χ1n) is 8.34. The minimum absolute atomic E-state index is 0.0240. The molecular formula is C19H16FN3O4S. The van der Waals surface area contributed by atoms with Crippen molar-refractivity contribution in [3.05, 3.63) is 65.1 Å². The zero-order chi connectivity index (χ0) is 19.9. The van der Waals surface area contributed by atoms with Crippen molar-refractivity contribution in [1.82, 2.24) is 15.2 Å². The number of benzene rings is 1. The van der Waals surface area contributed by atoms with Gasteiger partial charge in [-0.15, -0.1) is 0 Å². The second kappa shape index (κ2) is 9.14. The lowest BCUT2D eigenvalue weighted by Gasteiger charge is -2.13. The van der Waals surface area contributed by atoms with Crippen LogP contribution in [0.5, 0.6) is 5.75 Å². The molecule has 0 aliphatic carbocycles. The van der Waals surface area contributed by atoms with E-state index >= 15 is 0 Å². The van der Waals surface area contributed by atoms with Gasteiger partial charge < -0.3 is 10.1 Å². The predicted octanol–water partition coefficient (Wildman–Crippen LogP) is 2.45. The number of rotatable bonds is 7. The van der Waals surface area contributed by atoms with Crippen LogP contribution in [0.2, 0.25) is 0 Å². The third-order valence-electron chi connectivity index (χ3n) is 3.71. The van der Waals surface area contributed by atoms with Crippen molar-refractivity contribution >= 4 is 34.9 Å². The van der Waals surface area contributed by atoms with E-state index in [1.165, 1.54) is 18.2 Å². The van der Waals surface area contributed by atoms with Crippen LogP contribution in [-0.4, -0.2) is 46.6 Å². The number of carbonyl (C=O) groups is 3. The zero-order valence-corrected chi connectivity index (χ0v) is 15.4. The molecule has 144 valence electrons. The first kappa shape index (κ1) is 19.6. The number of hydrogen-bond donors (Lipinski definition) is 1. The Morgan fingerprint density at radius 2 is 2.07 bits per heavy atom. The Morgan fingerprint density at radius 3 is 2.82 bits per heavy atom. The highest BCUT2D eigenvalue weighted by molar-refractivity contribution is 8.18. The van der Waals surface area contributed by atoms with Crippen molar-refractivity contribution in [2.24, 2.45) is 0 Å². The number of ether oxygens (including phenoxy) is 1. The number of nitrogens with zero attached hydrogens (tertiary/aromatic N) is 2. The molecule has 2 heterocycles. The first-order chi connectivity index (χ1) is 13.5. The highest BCUT2D eigenvalue weighted by atomic mass is 32.2. The molecule has 1 aromatic carbocycles. The average Bonchev–Trinajstić information content (AvgIpc) is 2.95. The van der Waals surface area contributed by atoms with Gasteiger partial charge in [-0.1, -0.05) is 18.2 Å². The molecule has 0 radical (unpaired) electrons. The maximum atomic E-state index is 13.4. The Morgan fingerprint density at radius 1 is 1.25 bits per heavy atom. The van der Waals surface area contributed by atoms with E-state index in [9.17, 15) is 18.8 Å². The molecule has 1 N–H and O–H groups in total. The van der Waals surface area contributed by atoms with Crippen molar-refractivity contribution < 1.29 is 23.5 Å². The molecule has 28 heavy (non-hydrogen) atoms. The van der Waals surface area contributed by atoms with Crippen LogP contribution in [0.15, 0.2) is 53.7 Å². The highest BCUT2D eigenvalue weighted by Crippen LogP contribution is 2.31. The standard InChI is InChI=1S/C19H16FN3O4S/c20-14-5-1-2-6-15(14)27-12-17(24)22-8-9-23-18(25)16(28-19(23)26)10-13-4-3-7-21-11-13/h1-7,10-11H,8-9,12H2,(H,22,24). The summed E-state index contributed by atoms with van der Waals surface area (Å²) in [5.74, 6) is -1.49. The van der Waals surface area contributed by atoms with E-state index in [0.29, 0.717) is 10.5 Å². The van der Waals surface area contributed by atoms with Gasteiger partial charge in [0.15, 0.2) is 18.2 Å².